The van der Waals surface area contributed by atoms with Gasteiger partial charge < -0.3 is 14.5 Å². The van der Waals surface area contributed by atoms with Gasteiger partial charge in [-0.2, -0.15) is 13.2 Å². The van der Waals surface area contributed by atoms with E-state index in [1.165, 1.54) is 0 Å². The van der Waals surface area contributed by atoms with Crippen molar-refractivity contribution in [3.63, 3.8) is 0 Å². The molecule has 0 N–H and O–H groups in total. The second kappa shape index (κ2) is 7.19. The minimum absolute atomic E-state index is 0.119. The van der Waals surface area contributed by atoms with Gasteiger partial charge in [0.2, 0.25) is 0 Å². The van der Waals surface area contributed by atoms with E-state index >= 15 is 0 Å². The molecule has 0 atom stereocenters. The zero-order valence-corrected chi connectivity index (χ0v) is 14.0. The predicted octanol–water partition coefficient (Wildman–Crippen LogP) is 2.47. The van der Waals surface area contributed by atoms with E-state index in [1.54, 1.807) is 41.2 Å². The highest BCUT2D eigenvalue weighted by Crippen LogP contribution is 2.29. The SMILES string of the molecule is COc1ccc(C(=O)N2CCN(c3cc(C(F)(F)F)ncn3)CC2)cc1. The first-order valence-corrected chi connectivity index (χ1v) is 7.96. The van der Waals surface area contributed by atoms with Crippen molar-refractivity contribution in [3.8, 4) is 5.75 Å². The molecule has 0 saturated carbocycles. The van der Waals surface area contributed by atoms with E-state index < -0.39 is 11.9 Å². The maximum atomic E-state index is 12.8. The Labute approximate surface area is 148 Å². The van der Waals surface area contributed by atoms with Crippen LogP contribution < -0.4 is 9.64 Å². The molecule has 1 amide bonds. The van der Waals surface area contributed by atoms with Crippen molar-refractivity contribution in [2.75, 3.05) is 38.2 Å². The highest BCUT2D eigenvalue weighted by molar-refractivity contribution is 5.94. The minimum atomic E-state index is -4.51. The topological polar surface area (TPSA) is 58.6 Å². The monoisotopic (exact) mass is 366 g/mol. The molecule has 2 heterocycles. The molecule has 1 fully saturated rings. The van der Waals surface area contributed by atoms with Gasteiger partial charge in [-0.25, -0.2) is 9.97 Å². The number of hydrogen-bond donors (Lipinski definition) is 0. The number of benzene rings is 1. The Kier molecular flexibility index (Phi) is 4.97. The van der Waals surface area contributed by atoms with Gasteiger partial charge in [0.05, 0.1) is 7.11 Å². The van der Waals surface area contributed by atoms with Crippen molar-refractivity contribution >= 4 is 11.7 Å². The second-order valence-corrected chi connectivity index (χ2v) is 5.77. The van der Waals surface area contributed by atoms with Crippen molar-refractivity contribution in [2.24, 2.45) is 0 Å². The number of carbonyl (C=O) groups is 1. The second-order valence-electron chi connectivity index (χ2n) is 5.77. The van der Waals surface area contributed by atoms with Crippen LogP contribution in [0.25, 0.3) is 0 Å². The van der Waals surface area contributed by atoms with Gasteiger partial charge in [-0.05, 0) is 24.3 Å². The van der Waals surface area contributed by atoms with E-state index in [1.807, 2.05) is 0 Å². The lowest BCUT2D eigenvalue weighted by Gasteiger charge is -2.35. The van der Waals surface area contributed by atoms with Crippen molar-refractivity contribution in [3.05, 3.63) is 47.9 Å². The zero-order chi connectivity index (χ0) is 18.7. The molecule has 3 rings (SSSR count). The number of amides is 1. The summed E-state index contributed by atoms with van der Waals surface area (Å²) in [6.07, 6.45) is -3.60. The summed E-state index contributed by atoms with van der Waals surface area (Å²) in [4.78, 5) is 23.1. The number of nitrogens with zero attached hydrogens (tertiary/aromatic N) is 4. The van der Waals surface area contributed by atoms with Crippen LogP contribution in [0.3, 0.4) is 0 Å². The maximum absolute atomic E-state index is 12.8. The number of anilines is 1. The molecule has 1 aromatic heterocycles. The summed E-state index contributed by atoms with van der Waals surface area (Å²) in [5.74, 6) is 0.755. The van der Waals surface area contributed by atoms with Crippen LogP contribution in [0.4, 0.5) is 19.0 Å². The molecule has 26 heavy (non-hydrogen) atoms. The van der Waals surface area contributed by atoms with Crippen LogP contribution in [-0.2, 0) is 6.18 Å². The summed E-state index contributed by atoms with van der Waals surface area (Å²) in [6.45, 7) is 1.60. The third kappa shape index (κ3) is 3.87. The summed E-state index contributed by atoms with van der Waals surface area (Å²) in [5, 5.41) is 0. The van der Waals surface area contributed by atoms with E-state index in [9.17, 15) is 18.0 Å². The Morgan fingerprint density at radius 3 is 2.31 bits per heavy atom. The first-order valence-electron chi connectivity index (χ1n) is 7.96. The van der Waals surface area contributed by atoms with Gasteiger partial charge >= 0.3 is 6.18 Å². The van der Waals surface area contributed by atoms with Crippen LogP contribution in [0.1, 0.15) is 16.1 Å². The van der Waals surface area contributed by atoms with Gasteiger partial charge in [-0.3, -0.25) is 4.79 Å². The number of rotatable bonds is 3. The molecule has 0 aliphatic carbocycles. The van der Waals surface area contributed by atoms with E-state index in [0.717, 1.165) is 12.4 Å². The molecule has 0 spiro atoms. The molecule has 0 radical (unpaired) electrons. The molecular formula is C17H17F3N4O2. The molecule has 0 unspecified atom stereocenters. The normalized spacial score (nSPS) is 15.1. The number of halogens is 3. The summed E-state index contributed by atoms with van der Waals surface area (Å²) in [6, 6.07) is 7.73. The quantitative estimate of drug-likeness (QED) is 0.835. The average molecular weight is 366 g/mol. The van der Waals surface area contributed by atoms with E-state index in [-0.39, 0.29) is 11.7 Å². The van der Waals surface area contributed by atoms with Crippen LogP contribution in [0.2, 0.25) is 0 Å². The average Bonchev–Trinajstić information content (AvgIpc) is 2.67. The van der Waals surface area contributed by atoms with E-state index in [2.05, 4.69) is 9.97 Å². The van der Waals surface area contributed by atoms with Gasteiger partial charge in [-0.1, -0.05) is 0 Å². The molecule has 0 bridgehead atoms. The van der Waals surface area contributed by atoms with Crippen molar-refractivity contribution in [1.29, 1.82) is 0 Å². The highest BCUT2D eigenvalue weighted by Gasteiger charge is 2.33. The smallest absolute Gasteiger partial charge is 0.433 e. The van der Waals surface area contributed by atoms with Crippen molar-refractivity contribution in [1.82, 2.24) is 14.9 Å². The van der Waals surface area contributed by atoms with E-state index in [4.69, 9.17) is 4.74 Å². The molecule has 1 aromatic carbocycles. The lowest BCUT2D eigenvalue weighted by atomic mass is 10.1. The van der Waals surface area contributed by atoms with Crippen LogP contribution in [0.5, 0.6) is 5.75 Å². The third-order valence-electron chi connectivity index (χ3n) is 4.17. The molecule has 138 valence electrons. The number of alkyl halides is 3. The predicted molar refractivity (Wildman–Crippen MR) is 88.1 cm³/mol. The Bertz CT molecular complexity index is 772. The van der Waals surface area contributed by atoms with Gasteiger partial charge in [0.15, 0.2) is 0 Å². The van der Waals surface area contributed by atoms with Gasteiger partial charge in [0.25, 0.3) is 5.91 Å². The lowest BCUT2D eigenvalue weighted by Crippen LogP contribution is -2.49. The van der Waals surface area contributed by atoms with Crippen LogP contribution in [-0.4, -0.2) is 54.1 Å². The van der Waals surface area contributed by atoms with Crippen molar-refractivity contribution < 1.29 is 22.7 Å². The minimum Gasteiger partial charge on any atom is -0.497 e. The summed E-state index contributed by atoms with van der Waals surface area (Å²) in [7, 11) is 1.55. The number of aromatic nitrogens is 2. The molecule has 1 saturated heterocycles. The van der Waals surface area contributed by atoms with Crippen LogP contribution in [0, 0.1) is 0 Å². The summed E-state index contributed by atoms with van der Waals surface area (Å²) in [5.41, 5.74) is -0.431. The van der Waals surface area contributed by atoms with Crippen LogP contribution in [0.15, 0.2) is 36.7 Å². The fourth-order valence-corrected chi connectivity index (χ4v) is 2.73. The summed E-state index contributed by atoms with van der Waals surface area (Å²) >= 11 is 0. The molecule has 6 nitrogen and oxygen atoms in total. The third-order valence-corrected chi connectivity index (χ3v) is 4.17. The Morgan fingerprint density at radius 1 is 1.08 bits per heavy atom. The zero-order valence-electron chi connectivity index (χ0n) is 14.0. The first-order chi connectivity index (χ1) is 12.4. The van der Waals surface area contributed by atoms with Crippen molar-refractivity contribution in [2.45, 2.75) is 6.18 Å². The Morgan fingerprint density at radius 2 is 1.73 bits per heavy atom. The molecule has 1 aliphatic heterocycles. The fourth-order valence-electron chi connectivity index (χ4n) is 2.73. The van der Waals surface area contributed by atoms with Gasteiger partial charge in [0.1, 0.15) is 23.6 Å². The molecular weight excluding hydrogens is 349 g/mol. The van der Waals surface area contributed by atoms with Crippen LogP contribution >= 0.6 is 0 Å². The number of hydrogen-bond acceptors (Lipinski definition) is 5. The maximum Gasteiger partial charge on any atom is 0.433 e. The fraction of sp³-hybridized carbons (Fsp3) is 0.353. The standard InChI is InChI=1S/C17H17F3N4O2/c1-26-13-4-2-12(3-5-13)16(25)24-8-6-23(7-9-24)15-10-14(17(18,19)20)21-11-22-15/h2-5,10-11H,6-9H2,1H3. The highest BCUT2D eigenvalue weighted by atomic mass is 19.4. The Hall–Kier alpha value is -2.84. The number of ether oxygens (including phenoxy) is 1. The van der Waals surface area contributed by atoms with Gasteiger partial charge in [0, 0.05) is 37.8 Å². The number of methoxy groups -OCH3 is 1. The lowest BCUT2D eigenvalue weighted by molar-refractivity contribution is -0.141. The van der Waals surface area contributed by atoms with E-state index in [0.29, 0.717) is 37.5 Å². The number of piperazine rings is 1. The first kappa shape index (κ1) is 18.0. The molecule has 2 aromatic rings. The molecule has 9 heteroatoms. The Balaban J connectivity index is 1.64. The molecule has 1 aliphatic rings. The largest absolute Gasteiger partial charge is 0.497 e. The van der Waals surface area contributed by atoms with Gasteiger partial charge in [-0.15, -0.1) is 0 Å². The number of carbonyl (C=O) groups excluding carboxylic acids is 1. The summed E-state index contributed by atoms with van der Waals surface area (Å²) < 4.78 is 43.4.